The van der Waals surface area contributed by atoms with E-state index in [1.54, 1.807) is 12.1 Å². The number of alkyl halides is 2. The number of nitrogens with one attached hydrogen (secondary N) is 2. The lowest BCUT2D eigenvalue weighted by Gasteiger charge is -2.22. The van der Waals surface area contributed by atoms with Crippen molar-refractivity contribution in [3.63, 3.8) is 0 Å². The smallest absolute Gasteiger partial charge is 0.239 e. The summed E-state index contributed by atoms with van der Waals surface area (Å²) in [5, 5.41) is 5.04. The number of carbonyl (C=O) groups is 4. The lowest BCUT2D eigenvalue weighted by Crippen LogP contribution is -2.26. The van der Waals surface area contributed by atoms with Crippen molar-refractivity contribution < 1.29 is 19.2 Å². The van der Waals surface area contributed by atoms with Crippen LogP contribution >= 0.6 is 23.2 Å². The molecule has 2 aromatic rings. The van der Waals surface area contributed by atoms with E-state index >= 15 is 0 Å². The highest BCUT2D eigenvalue weighted by molar-refractivity contribution is 6.34. The number of fused-ring (bicyclic) bond motifs is 2. The third-order valence-corrected chi connectivity index (χ3v) is 4.35. The first kappa shape index (κ1) is 21.5. The first-order valence-corrected chi connectivity index (χ1v) is 8.95. The minimum Gasteiger partial charge on any atom is -0.324 e. The number of carbonyl (C=O) groups excluding carboxylic acids is 4. The molecular weight excluding hydrogens is 407 g/mol. The van der Waals surface area contributed by atoms with E-state index in [9.17, 15) is 19.2 Å². The predicted molar refractivity (Wildman–Crippen MR) is 107 cm³/mol. The topological polar surface area (TPSA) is 144 Å². The van der Waals surface area contributed by atoms with Gasteiger partial charge in [-0.3, -0.25) is 30.9 Å². The molecule has 0 fully saturated rings. The minimum atomic E-state index is -0.505. The van der Waals surface area contributed by atoms with Gasteiger partial charge in [0.15, 0.2) is 11.6 Å². The fourth-order valence-corrected chi connectivity index (χ4v) is 2.95. The first-order valence-electron chi connectivity index (χ1n) is 7.88. The molecule has 3 rings (SSSR count). The van der Waals surface area contributed by atoms with Gasteiger partial charge in [0, 0.05) is 11.1 Å². The van der Waals surface area contributed by atoms with Gasteiger partial charge in [0.2, 0.25) is 11.8 Å². The quantitative estimate of drug-likeness (QED) is 0.285. The molecule has 0 spiro atoms. The number of hydrogen-bond donors (Lipinski definition) is 4. The molecule has 0 saturated carbocycles. The van der Waals surface area contributed by atoms with Crippen molar-refractivity contribution in [3.05, 3.63) is 58.7 Å². The highest BCUT2D eigenvalue weighted by Gasteiger charge is 2.34. The lowest BCUT2D eigenvalue weighted by molar-refractivity contribution is -0.114. The number of halogens is 2. The van der Waals surface area contributed by atoms with Crippen LogP contribution in [0.5, 0.6) is 0 Å². The van der Waals surface area contributed by atoms with Gasteiger partial charge < -0.3 is 10.6 Å². The number of nitrogens with two attached hydrogens (primary N) is 2. The van der Waals surface area contributed by atoms with Gasteiger partial charge >= 0.3 is 0 Å². The van der Waals surface area contributed by atoms with Crippen LogP contribution in [0, 0.1) is 0 Å². The molecule has 0 bridgehead atoms. The maximum Gasteiger partial charge on any atom is 0.239 e. The fraction of sp³-hybridized carbons (Fsp3) is 0.111. The van der Waals surface area contributed by atoms with Crippen LogP contribution in [0.2, 0.25) is 0 Å². The van der Waals surface area contributed by atoms with Crippen molar-refractivity contribution in [2.24, 2.45) is 11.7 Å². The summed E-state index contributed by atoms with van der Waals surface area (Å²) in [6, 6.07) is 9.19. The van der Waals surface area contributed by atoms with Gasteiger partial charge in [-0.1, -0.05) is 24.3 Å². The molecule has 6 N–H and O–H groups in total. The second kappa shape index (κ2) is 9.43. The number of benzene rings is 2. The van der Waals surface area contributed by atoms with Crippen LogP contribution in [-0.2, 0) is 9.59 Å². The summed E-state index contributed by atoms with van der Waals surface area (Å²) in [4.78, 5) is 49.2. The summed E-state index contributed by atoms with van der Waals surface area (Å²) >= 11 is 11.0. The second-order valence-corrected chi connectivity index (χ2v) is 6.01. The third-order valence-electron chi connectivity index (χ3n) is 3.86. The highest BCUT2D eigenvalue weighted by Crippen LogP contribution is 2.35. The van der Waals surface area contributed by atoms with Gasteiger partial charge in [-0.25, -0.2) is 0 Å². The Labute approximate surface area is 170 Å². The normalized spacial score (nSPS) is 11.6. The summed E-state index contributed by atoms with van der Waals surface area (Å²) in [5.41, 5.74) is 0.865. The van der Waals surface area contributed by atoms with Gasteiger partial charge in [-0.05, 0) is 12.1 Å². The molecule has 0 aromatic heterocycles. The molecule has 0 aliphatic heterocycles. The Morgan fingerprint density at radius 3 is 1.50 bits per heavy atom. The molecular formula is C18H16Cl2N4O4. The van der Waals surface area contributed by atoms with E-state index in [0.29, 0.717) is 0 Å². The van der Waals surface area contributed by atoms with Crippen molar-refractivity contribution in [2.45, 2.75) is 0 Å². The van der Waals surface area contributed by atoms with Gasteiger partial charge in [-0.15, -0.1) is 23.2 Å². The third kappa shape index (κ3) is 4.05. The largest absolute Gasteiger partial charge is 0.324 e. The average Bonchev–Trinajstić information content (AvgIpc) is 2.73. The molecule has 2 amide bonds. The summed E-state index contributed by atoms with van der Waals surface area (Å²) in [7, 11) is 0. The zero-order valence-corrected chi connectivity index (χ0v) is 15.9. The Morgan fingerprint density at radius 1 is 0.750 bits per heavy atom. The van der Waals surface area contributed by atoms with Crippen molar-refractivity contribution in [1.82, 2.24) is 0 Å². The van der Waals surface area contributed by atoms with E-state index < -0.39 is 17.6 Å². The molecule has 0 unspecified atom stereocenters. The molecule has 1 aliphatic rings. The van der Waals surface area contributed by atoms with Crippen molar-refractivity contribution >= 4 is 58.0 Å². The predicted octanol–water partition coefficient (Wildman–Crippen LogP) is 1.64. The Hall–Kier alpha value is -2.78. The van der Waals surface area contributed by atoms with Gasteiger partial charge in [0.25, 0.3) is 0 Å². The SMILES string of the molecule is NN.O=C(CCl)Nc1cccc2c1C(=O)c1c(NC(=O)CCl)cccc1C2=O. The second-order valence-electron chi connectivity index (χ2n) is 5.48. The number of anilines is 2. The van der Waals surface area contributed by atoms with Crippen LogP contribution in [0.15, 0.2) is 36.4 Å². The van der Waals surface area contributed by atoms with E-state index in [2.05, 4.69) is 22.3 Å². The Kier molecular flexibility index (Phi) is 7.24. The van der Waals surface area contributed by atoms with E-state index in [1.807, 2.05) is 0 Å². The monoisotopic (exact) mass is 422 g/mol. The van der Waals surface area contributed by atoms with Crippen molar-refractivity contribution in [2.75, 3.05) is 22.4 Å². The van der Waals surface area contributed by atoms with E-state index in [1.165, 1.54) is 24.3 Å². The van der Waals surface area contributed by atoms with Crippen molar-refractivity contribution in [1.29, 1.82) is 0 Å². The zero-order chi connectivity index (χ0) is 20.8. The van der Waals surface area contributed by atoms with Crippen LogP contribution in [0.4, 0.5) is 11.4 Å². The molecule has 10 heteroatoms. The van der Waals surface area contributed by atoms with Crippen LogP contribution in [0.25, 0.3) is 0 Å². The summed E-state index contributed by atoms with van der Waals surface area (Å²) < 4.78 is 0. The molecule has 0 heterocycles. The number of rotatable bonds is 4. The summed E-state index contributed by atoms with van der Waals surface area (Å²) in [5.74, 6) is 5.55. The number of hydrazine groups is 1. The van der Waals surface area contributed by atoms with Crippen LogP contribution in [-0.4, -0.2) is 35.1 Å². The Morgan fingerprint density at radius 2 is 1.14 bits per heavy atom. The maximum absolute atomic E-state index is 13.1. The molecule has 2 aromatic carbocycles. The van der Waals surface area contributed by atoms with Gasteiger partial charge in [0.1, 0.15) is 11.8 Å². The highest BCUT2D eigenvalue weighted by atomic mass is 35.5. The van der Waals surface area contributed by atoms with E-state index in [0.717, 1.165) is 0 Å². The lowest BCUT2D eigenvalue weighted by atomic mass is 9.82. The number of ketones is 2. The summed E-state index contributed by atoms with van der Waals surface area (Å²) in [6.07, 6.45) is 0. The Balaban J connectivity index is 0.00000136. The number of hydrogen-bond acceptors (Lipinski definition) is 6. The van der Waals surface area contributed by atoms with Crippen LogP contribution < -0.4 is 22.3 Å². The minimum absolute atomic E-state index is 0.0658. The molecule has 1 aliphatic carbocycles. The standard InChI is InChI=1S/C18H12Cl2N2O4.H4N2/c19-7-13(23)21-11-5-1-3-9-15(11)18(26)16-10(17(9)25)4-2-6-12(16)22-14(24)8-20;1-2/h1-6H,7-8H2,(H,21,23)(H,22,24);1-2H2. The van der Waals surface area contributed by atoms with Gasteiger partial charge in [0.05, 0.1) is 22.5 Å². The van der Waals surface area contributed by atoms with E-state index in [4.69, 9.17) is 23.2 Å². The van der Waals surface area contributed by atoms with Gasteiger partial charge in [-0.2, -0.15) is 0 Å². The molecule has 8 nitrogen and oxygen atoms in total. The van der Waals surface area contributed by atoms with Crippen molar-refractivity contribution in [3.8, 4) is 0 Å². The maximum atomic E-state index is 13.1. The molecule has 28 heavy (non-hydrogen) atoms. The Bertz CT molecular complexity index is 889. The molecule has 0 radical (unpaired) electrons. The van der Waals surface area contributed by atoms with Crippen LogP contribution in [0.3, 0.4) is 0 Å². The number of amides is 2. The molecule has 0 atom stereocenters. The first-order chi connectivity index (χ1) is 13.5. The molecule has 146 valence electrons. The fourth-order valence-electron chi connectivity index (χ4n) is 2.82. The molecule has 0 saturated heterocycles. The zero-order valence-electron chi connectivity index (χ0n) is 14.4. The van der Waals surface area contributed by atoms with E-state index in [-0.39, 0.29) is 51.2 Å². The van der Waals surface area contributed by atoms with Crippen LogP contribution in [0.1, 0.15) is 31.8 Å². The summed E-state index contributed by atoms with van der Waals surface area (Å²) in [6.45, 7) is 0. The average molecular weight is 423 g/mol.